The Morgan fingerprint density at radius 1 is 0.895 bits per heavy atom. The van der Waals surface area contributed by atoms with E-state index in [0.717, 1.165) is 12.8 Å². The highest BCUT2D eigenvalue weighted by Gasteiger charge is 2.06. The van der Waals surface area contributed by atoms with E-state index in [9.17, 15) is 4.79 Å². The highest BCUT2D eigenvalue weighted by atomic mass is 35.5. The number of ether oxygens (including phenoxy) is 1. The van der Waals surface area contributed by atoms with Gasteiger partial charge in [-0.25, -0.2) is 0 Å². The van der Waals surface area contributed by atoms with Crippen LogP contribution in [0.3, 0.4) is 0 Å². The third-order valence-corrected chi connectivity index (χ3v) is 3.64. The minimum atomic E-state index is -0.434. The Morgan fingerprint density at radius 2 is 1.32 bits per heavy atom. The molecule has 0 aliphatic rings. The van der Waals surface area contributed by atoms with Crippen LogP contribution in [-0.4, -0.2) is 11.5 Å². The summed E-state index contributed by atoms with van der Waals surface area (Å²) in [4.78, 5) is 10.6. The second-order valence-electron chi connectivity index (χ2n) is 5.34. The summed E-state index contributed by atoms with van der Waals surface area (Å²) < 4.78 is 4.87. The SMILES string of the molecule is CCCCCCCCCCCCCC(Cl)OC(C)=O. The lowest BCUT2D eigenvalue weighted by atomic mass is 10.1. The van der Waals surface area contributed by atoms with Gasteiger partial charge in [0.2, 0.25) is 0 Å². The molecule has 0 saturated carbocycles. The van der Waals surface area contributed by atoms with Crippen molar-refractivity contribution in [3.05, 3.63) is 0 Å². The van der Waals surface area contributed by atoms with Gasteiger partial charge in [0.15, 0.2) is 5.56 Å². The Kier molecular flexibility index (Phi) is 14.0. The molecule has 0 aromatic carbocycles. The van der Waals surface area contributed by atoms with Crippen LogP contribution in [-0.2, 0) is 9.53 Å². The fraction of sp³-hybridized carbons (Fsp3) is 0.938. The molecule has 0 spiro atoms. The summed E-state index contributed by atoms with van der Waals surface area (Å²) in [5.74, 6) is -0.289. The van der Waals surface area contributed by atoms with Crippen LogP contribution in [0, 0.1) is 0 Å². The summed E-state index contributed by atoms with van der Waals surface area (Å²) in [6, 6.07) is 0. The summed E-state index contributed by atoms with van der Waals surface area (Å²) in [7, 11) is 0. The Hall–Kier alpha value is -0.240. The molecule has 0 aliphatic heterocycles. The van der Waals surface area contributed by atoms with Gasteiger partial charge in [0.05, 0.1) is 0 Å². The molecule has 0 N–H and O–H groups in total. The molecule has 1 unspecified atom stereocenters. The number of esters is 1. The van der Waals surface area contributed by atoms with Crippen molar-refractivity contribution in [1.29, 1.82) is 0 Å². The predicted octanol–water partition coefficient (Wildman–Crippen LogP) is 5.82. The molecule has 114 valence electrons. The van der Waals surface area contributed by atoms with Gasteiger partial charge >= 0.3 is 5.97 Å². The minimum absolute atomic E-state index is 0.289. The number of hydrogen-bond acceptors (Lipinski definition) is 2. The van der Waals surface area contributed by atoms with E-state index in [2.05, 4.69) is 6.92 Å². The van der Waals surface area contributed by atoms with E-state index in [4.69, 9.17) is 16.3 Å². The lowest BCUT2D eigenvalue weighted by molar-refractivity contribution is -0.142. The van der Waals surface area contributed by atoms with E-state index >= 15 is 0 Å². The zero-order chi connectivity index (χ0) is 14.3. The maximum Gasteiger partial charge on any atom is 0.304 e. The van der Waals surface area contributed by atoms with Crippen LogP contribution < -0.4 is 0 Å². The molecule has 0 aromatic rings. The maximum absolute atomic E-state index is 10.6. The molecule has 0 aromatic heterocycles. The minimum Gasteiger partial charge on any atom is -0.446 e. The van der Waals surface area contributed by atoms with Crippen molar-refractivity contribution in [3.8, 4) is 0 Å². The fourth-order valence-electron chi connectivity index (χ4n) is 2.21. The van der Waals surface area contributed by atoms with Crippen LogP contribution in [0.5, 0.6) is 0 Å². The maximum atomic E-state index is 10.6. The second-order valence-corrected chi connectivity index (χ2v) is 5.83. The molecule has 2 nitrogen and oxygen atoms in total. The summed E-state index contributed by atoms with van der Waals surface area (Å²) in [5, 5.41) is 0. The van der Waals surface area contributed by atoms with E-state index in [1.54, 1.807) is 0 Å². The molecule has 0 aliphatic carbocycles. The lowest BCUT2D eigenvalue weighted by Gasteiger charge is -2.09. The highest BCUT2D eigenvalue weighted by molar-refractivity contribution is 6.20. The van der Waals surface area contributed by atoms with Gasteiger partial charge in [-0.2, -0.15) is 0 Å². The molecule has 0 bridgehead atoms. The van der Waals surface area contributed by atoms with Crippen molar-refractivity contribution >= 4 is 17.6 Å². The average Bonchev–Trinajstić information content (AvgIpc) is 2.35. The third-order valence-electron chi connectivity index (χ3n) is 3.33. The van der Waals surface area contributed by atoms with Crippen LogP contribution >= 0.6 is 11.6 Å². The van der Waals surface area contributed by atoms with E-state index in [0.29, 0.717) is 0 Å². The van der Waals surface area contributed by atoms with Gasteiger partial charge in [0.25, 0.3) is 0 Å². The van der Waals surface area contributed by atoms with Gasteiger partial charge in [0.1, 0.15) is 0 Å². The van der Waals surface area contributed by atoms with E-state index < -0.39 is 5.56 Å². The van der Waals surface area contributed by atoms with Crippen molar-refractivity contribution < 1.29 is 9.53 Å². The monoisotopic (exact) mass is 290 g/mol. The number of alkyl halides is 1. The average molecular weight is 291 g/mol. The molecule has 1 atom stereocenters. The van der Waals surface area contributed by atoms with Crippen LogP contribution in [0.15, 0.2) is 0 Å². The largest absolute Gasteiger partial charge is 0.446 e. The Balaban J connectivity index is 3.08. The molecular weight excluding hydrogens is 260 g/mol. The van der Waals surface area contributed by atoms with Gasteiger partial charge < -0.3 is 4.74 Å². The topological polar surface area (TPSA) is 26.3 Å². The quantitative estimate of drug-likeness (QED) is 0.243. The Bertz CT molecular complexity index is 207. The van der Waals surface area contributed by atoms with E-state index in [-0.39, 0.29) is 5.97 Å². The Morgan fingerprint density at radius 3 is 1.74 bits per heavy atom. The number of hydrogen-bond donors (Lipinski definition) is 0. The normalized spacial score (nSPS) is 12.4. The van der Waals surface area contributed by atoms with Gasteiger partial charge in [-0.15, -0.1) is 0 Å². The third kappa shape index (κ3) is 15.7. The molecule has 0 radical (unpaired) electrons. The van der Waals surface area contributed by atoms with Crippen molar-refractivity contribution in [2.75, 3.05) is 0 Å². The standard InChI is InChI=1S/C16H31ClO2/c1-3-4-5-6-7-8-9-10-11-12-13-14-16(17)19-15(2)18/h16H,3-14H2,1-2H3. The first-order chi connectivity index (χ1) is 9.16. The summed E-state index contributed by atoms with van der Waals surface area (Å²) in [6.45, 7) is 3.66. The first-order valence-electron chi connectivity index (χ1n) is 7.98. The number of carbonyl (C=O) groups is 1. The summed E-state index contributed by atoms with van der Waals surface area (Å²) in [5.41, 5.74) is -0.434. The van der Waals surface area contributed by atoms with Crippen LogP contribution in [0.25, 0.3) is 0 Å². The van der Waals surface area contributed by atoms with Crippen LogP contribution in [0.2, 0.25) is 0 Å². The first kappa shape index (κ1) is 18.8. The second kappa shape index (κ2) is 14.2. The molecule has 0 saturated heterocycles. The Labute approximate surface area is 124 Å². The lowest BCUT2D eigenvalue weighted by Crippen LogP contribution is -2.09. The van der Waals surface area contributed by atoms with Crippen molar-refractivity contribution in [1.82, 2.24) is 0 Å². The molecule has 0 rings (SSSR count). The molecule has 0 fully saturated rings. The molecule has 0 amide bonds. The van der Waals surface area contributed by atoms with Crippen molar-refractivity contribution in [3.63, 3.8) is 0 Å². The van der Waals surface area contributed by atoms with E-state index in [1.807, 2.05) is 0 Å². The fourth-order valence-corrected chi connectivity index (χ4v) is 2.49. The zero-order valence-electron chi connectivity index (χ0n) is 12.8. The highest BCUT2D eigenvalue weighted by Crippen LogP contribution is 2.14. The van der Waals surface area contributed by atoms with Crippen LogP contribution in [0.1, 0.15) is 90.9 Å². The number of halogens is 1. The smallest absolute Gasteiger partial charge is 0.304 e. The molecule has 19 heavy (non-hydrogen) atoms. The molecule has 3 heteroatoms. The molecule has 0 heterocycles. The van der Waals surface area contributed by atoms with Crippen molar-refractivity contribution in [2.24, 2.45) is 0 Å². The predicted molar refractivity (Wildman–Crippen MR) is 82.5 cm³/mol. The number of carbonyl (C=O) groups excluding carboxylic acids is 1. The summed E-state index contributed by atoms with van der Waals surface area (Å²) >= 11 is 5.86. The number of unbranched alkanes of at least 4 members (excludes halogenated alkanes) is 10. The first-order valence-corrected chi connectivity index (χ1v) is 8.41. The van der Waals surface area contributed by atoms with Gasteiger partial charge in [-0.05, 0) is 12.8 Å². The van der Waals surface area contributed by atoms with E-state index in [1.165, 1.54) is 71.1 Å². The van der Waals surface area contributed by atoms with Gasteiger partial charge in [-0.1, -0.05) is 82.7 Å². The number of rotatable bonds is 13. The van der Waals surface area contributed by atoms with Gasteiger partial charge in [-0.3, -0.25) is 4.79 Å². The zero-order valence-corrected chi connectivity index (χ0v) is 13.5. The molecular formula is C16H31ClO2. The van der Waals surface area contributed by atoms with Crippen molar-refractivity contribution in [2.45, 2.75) is 96.5 Å². The summed E-state index contributed by atoms with van der Waals surface area (Å²) in [6.07, 6.45) is 15.3. The van der Waals surface area contributed by atoms with Gasteiger partial charge in [0, 0.05) is 6.92 Å². The van der Waals surface area contributed by atoms with Crippen LogP contribution in [0.4, 0.5) is 0 Å².